The van der Waals surface area contributed by atoms with Crippen molar-refractivity contribution >= 4 is 27.5 Å². The maximum Gasteiger partial charge on any atom is 0.241 e. The number of carbonyl (C=O) groups is 2. The van der Waals surface area contributed by atoms with E-state index in [1.807, 2.05) is 48.5 Å². The molecule has 2 atom stereocenters. The number of aryl methyl sites for hydroxylation is 2. The molecule has 2 amide bonds. The first-order chi connectivity index (χ1) is 17.4. The Hall–Kier alpha value is -3.49. The minimum absolute atomic E-state index is 0.0753. The number of amides is 2. The van der Waals surface area contributed by atoms with Crippen LogP contribution >= 0.6 is 0 Å². The van der Waals surface area contributed by atoms with Gasteiger partial charge < -0.3 is 10.6 Å². The zero-order chi connectivity index (χ0) is 25.1. The van der Waals surface area contributed by atoms with Gasteiger partial charge in [0.15, 0.2) is 0 Å². The zero-order valence-corrected chi connectivity index (χ0v) is 20.7. The molecule has 1 heterocycles. The molecule has 0 aromatic heterocycles. The van der Waals surface area contributed by atoms with Crippen molar-refractivity contribution in [1.82, 2.24) is 10.0 Å². The van der Waals surface area contributed by atoms with Crippen LogP contribution < -0.4 is 15.4 Å². The highest BCUT2D eigenvalue weighted by Gasteiger charge is 2.30. The monoisotopic (exact) mass is 503 g/mol. The molecule has 8 heteroatoms. The minimum atomic E-state index is -4.00. The number of rotatable bonds is 7. The molecule has 3 aromatic rings. The molecule has 1 aliphatic heterocycles. The van der Waals surface area contributed by atoms with Crippen LogP contribution in [0.25, 0.3) is 0 Å². The lowest BCUT2D eigenvalue weighted by Gasteiger charge is -2.28. The van der Waals surface area contributed by atoms with Crippen LogP contribution in [0.4, 0.5) is 5.69 Å². The number of carbonyl (C=O) groups excluding carboxylic acids is 2. The standard InChI is InChI=1S/C28H29N3O4S/c32-27-16-13-21-18-22(14-15-24(21)29-27)36(34,35)31-26(17-19-7-2-1-3-8-19)28(33)30-25-12-6-10-20-9-4-5-11-23(20)25/h1-5,7-9,11,14-15,18,25-26,31H,6,10,12-13,16-17H2,(H,29,32)(H,30,33). The number of hydrogen-bond donors (Lipinski definition) is 3. The Morgan fingerprint density at radius 3 is 2.56 bits per heavy atom. The van der Waals surface area contributed by atoms with Gasteiger partial charge in [-0.2, -0.15) is 4.72 Å². The van der Waals surface area contributed by atoms with Crippen molar-refractivity contribution in [3.8, 4) is 0 Å². The van der Waals surface area contributed by atoms with Crippen LogP contribution in [-0.2, 0) is 38.9 Å². The second-order valence-electron chi connectivity index (χ2n) is 9.38. The van der Waals surface area contributed by atoms with Crippen molar-refractivity contribution in [2.45, 2.75) is 55.5 Å². The van der Waals surface area contributed by atoms with E-state index in [4.69, 9.17) is 0 Å². The van der Waals surface area contributed by atoms with E-state index in [1.54, 1.807) is 12.1 Å². The SMILES string of the molecule is O=C1CCc2cc(S(=O)(=O)NC(Cc3ccccc3)C(=O)NC3CCCc4ccccc43)ccc2N1. The van der Waals surface area contributed by atoms with E-state index in [1.165, 1.54) is 11.6 Å². The van der Waals surface area contributed by atoms with E-state index in [2.05, 4.69) is 21.4 Å². The summed E-state index contributed by atoms with van der Waals surface area (Å²) in [5.41, 5.74) is 4.56. The molecule has 0 saturated heterocycles. The lowest BCUT2D eigenvalue weighted by atomic mass is 9.87. The largest absolute Gasteiger partial charge is 0.348 e. The van der Waals surface area contributed by atoms with E-state index >= 15 is 0 Å². The van der Waals surface area contributed by atoms with Crippen LogP contribution in [0.3, 0.4) is 0 Å². The fourth-order valence-electron chi connectivity index (χ4n) is 5.00. The molecule has 7 nitrogen and oxygen atoms in total. The molecule has 2 aliphatic rings. The van der Waals surface area contributed by atoms with Crippen LogP contribution in [0, 0.1) is 0 Å². The highest BCUT2D eigenvalue weighted by molar-refractivity contribution is 7.89. The molecule has 2 unspecified atom stereocenters. The molecule has 36 heavy (non-hydrogen) atoms. The molecule has 0 spiro atoms. The van der Waals surface area contributed by atoms with Crippen LogP contribution in [0.5, 0.6) is 0 Å². The summed E-state index contributed by atoms with van der Waals surface area (Å²) in [6.45, 7) is 0. The van der Waals surface area contributed by atoms with Gasteiger partial charge in [-0.25, -0.2) is 8.42 Å². The van der Waals surface area contributed by atoms with E-state index in [0.29, 0.717) is 18.5 Å². The van der Waals surface area contributed by atoms with Gasteiger partial charge in [0.05, 0.1) is 10.9 Å². The summed E-state index contributed by atoms with van der Waals surface area (Å²) in [7, 11) is -4.00. The molecular formula is C28H29N3O4S. The number of benzene rings is 3. The third-order valence-corrected chi connectivity index (χ3v) is 8.33. The van der Waals surface area contributed by atoms with Crippen molar-refractivity contribution < 1.29 is 18.0 Å². The van der Waals surface area contributed by atoms with E-state index in [0.717, 1.165) is 36.0 Å². The average molecular weight is 504 g/mol. The molecule has 0 fully saturated rings. The summed E-state index contributed by atoms with van der Waals surface area (Å²) in [5, 5.41) is 5.88. The maximum absolute atomic E-state index is 13.5. The van der Waals surface area contributed by atoms with Gasteiger partial charge in [-0.05, 0) is 72.6 Å². The van der Waals surface area contributed by atoms with Gasteiger partial charge in [0, 0.05) is 12.1 Å². The topological polar surface area (TPSA) is 104 Å². The quantitative estimate of drug-likeness (QED) is 0.458. The number of hydrogen-bond acceptors (Lipinski definition) is 4. The third-order valence-electron chi connectivity index (χ3n) is 6.86. The predicted octanol–water partition coefficient (Wildman–Crippen LogP) is 3.65. The predicted molar refractivity (Wildman–Crippen MR) is 138 cm³/mol. The summed E-state index contributed by atoms with van der Waals surface area (Å²) in [6, 6.07) is 21.0. The Balaban J connectivity index is 1.40. The highest BCUT2D eigenvalue weighted by atomic mass is 32.2. The lowest BCUT2D eigenvalue weighted by molar-refractivity contribution is -0.123. The van der Waals surface area contributed by atoms with Crippen LogP contribution in [0.15, 0.2) is 77.7 Å². The number of fused-ring (bicyclic) bond motifs is 2. The first-order valence-electron chi connectivity index (χ1n) is 12.3. The Morgan fingerprint density at radius 1 is 0.944 bits per heavy atom. The summed E-state index contributed by atoms with van der Waals surface area (Å²) < 4.78 is 29.5. The highest BCUT2D eigenvalue weighted by Crippen LogP contribution is 2.30. The van der Waals surface area contributed by atoms with Crippen molar-refractivity contribution in [1.29, 1.82) is 0 Å². The molecule has 0 saturated carbocycles. The molecule has 0 bridgehead atoms. The van der Waals surface area contributed by atoms with Crippen LogP contribution in [0.2, 0.25) is 0 Å². The van der Waals surface area contributed by atoms with E-state index in [9.17, 15) is 18.0 Å². The third kappa shape index (κ3) is 5.34. The number of sulfonamides is 1. The smallest absolute Gasteiger partial charge is 0.241 e. The number of anilines is 1. The molecule has 186 valence electrons. The fraction of sp³-hybridized carbons (Fsp3) is 0.286. The summed E-state index contributed by atoms with van der Waals surface area (Å²) >= 11 is 0. The Bertz CT molecular complexity index is 1390. The van der Waals surface area contributed by atoms with Gasteiger partial charge in [-0.1, -0.05) is 54.6 Å². The maximum atomic E-state index is 13.5. The fourth-order valence-corrected chi connectivity index (χ4v) is 6.24. The number of nitrogens with one attached hydrogen (secondary N) is 3. The van der Waals surface area contributed by atoms with E-state index in [-0.39, 0.29) is 29.2 Å². The van der Waals surface area contributed by atoms with Crippen molar-refractivity contribution in [3.63, 3.8) is 0 Å². The second-order valence-corrected chi connectivity index (χ2v) is 11.1. The molecule has 1 aliphatic carbocycles. The molecule has 0 radical (unpaired) electrons. The minimum Gasteiger partial charge on any atom is -0.348 e. The molecule has 5 rings (SSSR count). The van der Waals surface area contributed by atoms with Crippen molar-refractivity contribution in [2.24, 2.45) is 0 Å². The van der Waals surface area contributed by atoms with Crippen molar-refractivity contribution in [3.05, 3.63) is 95.1 Å². The second kappa shape index (κ2) is 10.2. The molecular weight excluding hydrogens is 474 g/mol. The summed E-state index contributed by atoms with van der Waals surface area (Å²) in [5.74, 6) is -0.436. The zero-order valence-electron chi connectivity index (χ0n) is 19.9. The first kappa shape index (κ1) is 24.2. The molecule has 3 N–H and O–H groups in total. The Labute approximate surface area is 211 Å². The summed E-state index contributed by atoms with van der Waals surface area (Å²) in [6.07, 6.45) is 3.75. The normalized spacial score (nSPS) is 17.9. The first-order valence-corrected chi connectivity index (χ1v) is 13.7. The van der Waals surface area contributed by atoms with Crippen LogP contribution in [-0.4, -0.2) is 26.3 Å². The van der Waals surface area contributed by atoms with Gasteiger partial charge in [0.25, 0.3) is 0 Å². The van der Waals surface area contributed by atoms with Crippen LogP contribution in [0.1, 0.15) is 47.6 Å². The Morgan fingerprint density at radius 2 is 1.72 bits per heavy atom. The molecule has 3 aromatic carbocycles. The average Bonchev–Trinajstić information content (AvgIpc) is 2.88. The van der Waals surface area contributed by atoms with Gasteiger partial charge >= 0.3 is 0 Å². The van der Waals surface area contributed by atoms with Gasteiger partial charge in [0.2, 0.25) is 21.8 Å². The van der Waals surface area contributed by atoms with Gasteiger partial charge in [0.1, 0.15) is 6.04 Å². The Kier molecular flexibility index (Phi) is 6.89. The summed E-state index contributed by atoms with van der Waals surface area (Å²) in [4.78, 5) is 25.2. The van der Waals surface area contributed by atoms with Gasteiger partial charge in [-0.15, -0.1) is 0 Å². The van der Waals surface area contributed by atoms with Gasteiger partial charge in [-0.3, -0.25) is 9.59 Å². The lowest BCUT2D eigenvalue weighted by Crippen LogP contribution is -2.49. The van der Waals surface area contributed by atoms with Crippen molar-refractivity contribution in [2.75, 3.05) is 5.32 Å². The van der Waals surface area contributed by atoms with E-state index < -0.39 is 16.1 Å².